The molecule has 5 heteroatoms. The van der Waals surface area contributed by atoms with E-state index < -0.39 is 0 Å². The number of nitrogens with zero attached hydrogens (tertiary/aromatic N) is 1. The second-order valence-corrected chi connectivity index (χ2v) is 6.71. The molecule has 1 aliphatic heterocycles. The van der Waals surface area contributed by atoms with E-state index in [9.17, 15) is 4.79 Å². The highest BCUT2D eigenvalue weighted by Gasteiger charge is 2.24. The van der Waals surface area contributed by atoms with E-state index in [1.807, 2.05) is 40.9 Å². The van der Waals surface area contributed by atoms with Crippen molar-refractivity contribution in [3.8, 4) is 0 Å². The van der Waals surface area contributed by atoms with E-state index >= 15 is 0 Å². The van der Waals surface area contributed by atoms with Crippen molar-refractivity contribution in [3.05, 3.63) is 59.0 Å². The van der Waals surface area contributed by atoms with Crippen LogP contribution in [0.25, 0.3) is 0 Å². The van der Waals surface area contributed by atoms with Gasteiger partial charge in [-0.2, -0.15) is 0 Å². The van der Waals surface area contributed by atoms with Crippen LogP contribution in [0.15, 0.2) is 47.1 Å². The van der Waals surface area contributed by atoms with Gasteiger partial charge in [-0.1, -0.05) is 17.7 Å². The smallest absolute Gasteiger partial charge is 0.253 e. The zero-order valence-corrected chi connectivity index (χ0v) is 13.1. The number of carbonyl (C=O) groups is 1. The average molecular weight is 322 g/mol. The largest absolute Gasteiger partial charge is 0.468 e. The van der Waals surface area contributed by atoms with Crippen molar-refractivity contribution in [2.45, 2.75) is 11.7 Å². The first-order chi connectivity index (χ1) is 10.2. The normalized spacial score (nSPS) is 19.3. The Morgan fingerprint density at radius 1 is 1.29 bits per heavy atom. The number of amides is 1. The first-order valence-electron chi connectivity index (χ1n) is 6.94. The molecule has 1 amide bonds. The van der Waals surface area contributed by atoms with Crippen LogP contribution < -0.4 is 0 Å². The lowest BCUT2D eigenvalue weighted by atomic mass is 10.1. The van der Waals surface area contributed by atoms with Gasteiger partial charge in [-0.15, -0.1) is 11.8 Å². The number of rotatable bonds is 2. The highest BCUT2D eigenvalue weighted by atomic mass is 35.5. The number of benzene rings is 1. The molecular weight excluding hydrogens is 306 g/mol. The molecule has 2 aromatic rings. The van der Waals surface area contributed by atoms with Crippen molar-refractivity contribution in [1.82, 2.24) is 4.90 Å². The highest BCUT2D eigenvalue weighted by molar-refractivity contribution is 7.99. The summed E-state index contributed by atoms with van der Waals surface area (Å²) in [6.07, 6.45) is 2.61. The predicted molar refractivity (Wildman–Crippen MR) is 85.9 cm³/mol. The van der Waals surface area contributed by atoms with E-state index in [0.29, 0.717) is 15.8 Å². The number of thioether (sulfide) groups is 1. The van der Waals surface area contributed by atoms with E-state index in [-0.39, 0.29) is 5.91 Å². The summed E-state index contributed by atoms with van der Waals surface area (Å²) in [6.45, 7) is 1.50. The lowest BCUT2D eigenvalue weighted by molar-refractivity contribution is 0.0766. The molecule has 1 atom stereocenters. The summed E-state index contributed by atoms with van der Waals surface area (Å²) in [7, 11) is 0. The Morgan fingerprint density at radius 3 is 2.95 bits per heavy atom. The zero-order chi connectivity index (χ0) is 14.7. The van der Waals surface area contributed by atoms with Crippen LogP contribution in [0, 0.1) is 0 Å². The van der Waals surface area contributed by atoms with Crippen LogP contribution in [0.2, 0.25) is 5.02 Å². The average Bonchev–Trinajstić information content (AvgIpc) is 2.91. The minimum Gasteiger partial charge on any atom is -0.468 e. The maximum atomic E-state index is 12.5. The topological polar surface area (TPSA) is 33.5 Å². The zero-order valence-electron chi connectivity index (χ0n) is 11.5. The molecule has 0 radical (unpaired) electrons. The van der Waals surface area contributed by atoms with Crippen LogP contribution in [0.1, 0.15) is 27.8 Å². The predicted octanol–water partition coefficient (Wildman–Crippen LogP) is 4.25. The number of furan rings is 1. The number of carbonyl (C=O) groups excluding carboxylic acids is 1. The van der Waals surface area contributed by atoms with Crippen molar-refractivity contribution in [2.75, 3.05) is 18.8 Å². The van der Waals surface area contributed by atoms with Crippen LogP contribution in [0.3, 0.4) is 0 Å². The molecule has 0 aliphatic carbocycles. The Morgan fingerprint density at radius 2 is 2.19 bits per heavy atom. The van der Waals surface area contributed by atoms with Gasteiger partial charge in [-0.25, -0.2) is 0 Å². The molecule has 0 saturated carbocycles. The third-order valence-corrected chi connectivity index (χ3v) is 5.08. The molecular formula is C16H16ClNO2S. The third kappa shape index (κ3) is 3.44. The highest BCUT2D eigenvalue weighted by Crippen LogP contribution is 2.34. The van der Waals surface area contributed by atoms with Crippen molar-refractivity contribution < 1.29 is 9.21 Å². The first-order valence-corrected chi connectivity index (χ1v) is 8.36. The molecule has 21 heavy (non-hydrogen) atoms. The van der Waals surface area contributed by atoms with Gasteiger partial charge >= 0.3 is 0 Å². The van der Waals surface area contributed by atoms with E-state index in [0.717, 1.165) is 31.0 Å². The number of halogens is 1. The van der Waals surface area contributed by atoms with Gasteiger partial charge in [0.25, 0.3) is 5.91 Å². The molecule has 0 N–H and O–H groups in total. The molecule has 3 rings (SSSR count). The van der Waals surface area contributed by atoms with Crippen molar-refractivity contribution >= 4 is 29.3 Å². The van der Waals surface area contributed by atoms with E-state index in [1.165, 1.54) is 0 Å². The van der Waals surface area contributed by atoms with Crippen LogP contribution in [-0.4, -0.2) is 29.6 Å². The first kappa shape index (κ1) is 14.5. The van der Waals surface area contributed by atoms with Crippen LogP contribution in [0.5, 0.6) is 0 Å². The molecule has 1 unspecified atom stereocenters. The molecule has 110 valence electrons. The molecule has 2 heterocycles. The summed E-state index contributed by atoms with van der Waals surface area (Å²) in [4.78, 5) is 14.4. The molecule has 1 aromatic heterocycles. The summed E-state index contributed by atoms with van der Waals surface area (Å²) >= 11 is 7.81. The van der Waals surface area contributed by atoms with E-state index in [1.54, 1.807) is 18.4 Å². The monoisotopic (exact) mass is 321 g/mol. The molecule has 1 fully saturated rings. The standard InChI is InChI=1S/C16H16ClNO2S/c17-13-4-1-3-12(11-13)16(19)18-7-6-15(21-10-8-18)14-5-2-9-20-14/h1-5,9,11,15H,6-8,10H2. The summed E-state index contributed by atoms with van der Waals surface area (Å²) in [6, 6.07) is 11.1. The molecule has 3 nitrogen and oxygen atoms in total. The van der Waals surface area contributed by atoms with Gasteiger partial charge in [0, 0.05) is 29.4 Å². The minimum absolute atomic E-state index is 0.0539. The third-order valence-electron chi connectivity index (χ3n) is 3.56. The van der Waals surface area contributed by atoms with Crippen molar-refractivity contribution in [1.29, 1.82) is 0 Å². The Labute approximate surface area is 133 Å². The van der Waals surface area contributed by atoms with Crippen molar-refractivity contribution in [3.63, 3.8) is 0 Å². The lowest BCUT2D eigenvalue weighted by Gasteiger charge is -2.20. The molecule has 1 aromatic carbocycles. The van der Waals surface area contributed by atoms with Gasteiger partial charge in [0.1, 0.15) is 5.76 Å². The van der Waals surface area contributed by atoms with Gasteiger partial charge in [0.05, 0.1) is 11.5 Å². The van der Waals surface area contributed by atoms with Gasteiger partial charge in [0.2, 0.25) is 0 Å². The Kier molecular flexibility index (Phi) is 4.56. The quantitative estimate of drug-likeness (QED) is 0.829. The molecule has 1 saturated heterocycles. The summed E-state index contributed by atoms with van der Waals surface area (Å²) in [5, 5.41) is 0.927. The Balaban J connectivity index is 1.69. The van der Waals surface area contributed by atoms with Gasteiger partial charge < -0.3 is 9.32 Å². The fraction of sp³-hybridized carbons (Fsp3) is 0.312. The molecule has 0 bridgehead atoms. The summed E-state index contributed by atoms with van der Waals surface area (Å²) < 4.78 is 5.48. The number of hydrogen-bond donors (Lipinski definition) is 0. The molecule has 1 aliphatic rings. The maximum absolute atomic E-state index is 12.5. The van der Waals surface area contributed by atoms with Crippen LogP contribution >= 0.6 is 23.4 Å². The minimum atomic E-state index is 0.0539. The van der Waals surface area contributed by atoms with Crippen LogP contribution in [0.4, 0.5) is 0 Å². The number of hydrogen-bond acceptors (Lipinski definition) is 3. The second-order valence-electron chi connectivity index (χ2n) is 4.97. The molecule has 0 spiro atoms. The summed E-state index contributed by atoms with van der Waals surface area (Å²) in [5.41, 5.74) is 0.656. The van der Waals surface area contributed by atoms with Gasteiger partial charge in [-0.05, 0) is 36.8 Å². The fourth-order valence-corrected chi connectivity index (χ4v) is 3.85. The SMILES string of the molecule is O=C(c1cccc(Cl)c1)N1CCSC(c2ccco2)CC1. The fourth-order valence-electron chi connectivity index (χ4n) is 2.48. The van der Waals surface area contributed by atoms with Gasteiger partial charge in [-0.3, -0.25) is 4.79 Å². The second kappa shape index (κ2) is 6.58. The lowest BCUT2D eigenvalue weighted by Crippen LogP contribution is -2.32. The van der Waals surface area contributed by atoms with E-state index in [2.05, 4.69) is 0 Å². The Bertz CT molecular complexity index is 614. The maximum Gasteiger partial charge on any atom is 0.253 e. The van der Waals surface area contributed by atoms with Gasteiger partial charge in [0.15, 0.2) is 0 Å². The van der Waals surface area contributed by atoms with Crippen molar-refractivity contribution in [2.24, 2.45) is 0 Å². The summed E-state index contributed by atoms with van der Waals surface area (Å²) in [5.74, 6) is 1.97. The van der Waals surface area contributed by atoms with E-state index in [4.69, 9.17) is 16.0 Å². The van der Waals surface area contributed by atoms with Crippen LogP contribution in [-0.2, 0) is 0 Å². The Hall–Kier alpha value is -1.39.